The van der Waals surface area contributed by atoms with Crippen LogP contribution in [0.15, 0.2) is 48.5 Å². The molecule has 27 heavy (non-hydrogen) atoms. The second-order valence-electron chi connectivity index (χ2n) is 7.05. The Hall–Kier alpha value is -2.62. The molecule has 142 valence electrons. The van der Waals surface area contributed by atoms with Crippen LogP contribution in [-0.2, 0) is 40.0 Å². The number of nitrogens with one attached hydrogen (secondary N) is 1. The molecule has 0 spiro atoms. The molecule has 2 aromatic carbocycles. The lowest BCUT2D eigenvalue weighted by molar-refractivity contribution is -0.147. The Balaban J connectivity index is 1.65. The van der Waals surface area contributed by atoms with E-state index in [1.165, 1.54) is 24.0 Å². The minimum atomic E-state index is -0.669. The van der Waals surface area contributed by atoms with Crippen LogP contribution >= 0.6 is 0 Å². The topological polar surface area (TPSA) is 55.4 Å². The summed E-state index contributed by atoms with van der Waals surface area (Å²) in [5.41, 5.74) is 4.75. The van der Waals surface area contributed by atoms with E-state index in [1.54, 1.807) is 6.92 Å². The largest absolute Gasteiger partial charge is 0.464 e. The van der Waals surface area contributed by atoms with Crippen molar-refractivity contribution in [3.63, 3.8) is 0 Å². The van der Waals surface area contributed by atoms with Crippen molar-refractivity contribution < 1.29 is 14.3 Å². The zero-order chi connectivity index (χ0) is 19.1. The fourth-order valence-electron chi connectivity index (χ4n) is 3.61. The Kier molecular flexibility index (Phi) is 6.64. The highest BCUT2D eigenvalue weighted by molar-refractivity contribution is 5.86. The standard InChI is InChI=1S/C23H27NO3/c1-2-27-23(26)21(15-17-8-4-3-5-9-17)24-22(25)16-18-12-13-19-10-6-7-11-20(19)14-18/h3-5,8-9,12-14,21H,2,6-7,10-11,15-16H2,1H3,(H,24,25). The summed E-state index contributed by atoms with van der Waals surface area (Å²) in [5, 5.41) is 2.87. The second-order valence-corrected chi connectivity index (χ2v) is 7.05. The molecule has 1 aliphatic carbocycles. The zero-order valence-corrected chi connectivity index (χ0v) is 15.9. The molecule has 1 amide bonds. The van der Waals surface area contributed by atoms with Gasteiger partial charge in [0.1, 0.15) is 6.04 Å². The maximum Gasteiger partial charge on any atom is 0.328 e. The van der Waals surface area contributed by atoms with Gasteiger partial charge >= 0.3 is 5.97 Å². The summed E-state index contributed by atoms with van der Waals surface area (Å²) in [6, 6.07) is 15.3. The molecule has 0 heterocycles. The Bertz CT molecular complexity index is 785. The number of aryl methyl sites for hydroxylation is 2. The fraction of sp³-hybridized carbons (Fsp3) is 0.391. The van der Waals surface area contributed by atoms with E-state index < -0.39 is 6.04 Å². The highest BCUT2D eigenvalue weighted by atomic mass is 16.5. The molecule has 0 saturated heterocycles. The maximum absolute atomic E-state index is 12.6. The molecule has 4 nitrogen and oxygen atoms in total. The summed E-state index contributed by atoms with van der Waals surface area (Å²) < 4.78 is 5.15. The molecule has 1 atom stereocenters. The van der Waals surface area contributed by atoms with Gasteiger partial charge in [0.2, 0.25) is 5.91 Å². The van der Waals surface area contributed by atoms with Crippen LogP contribution in [0.25, 0.3) is 0 Å². The number of carbonyl (C=O) groups is 2. The summed E-state index contributed by atoms with van der Waals surface area (Å²) in [7, 11) is 0. The lowest BCUT2D eigenvalue weighted by atomic mass is 9.90. The van der Waals surface area contributed by atoms with Gasteiger partial charge in [0.05, 0.1) is 13.0 Å². The van der Waals surface area contributed by atoms with Crippen LogP contribution in [-0.4, -0.2) is 24.5 Å². The molecule has 4 heteroatoms. The number of carbonyl (C=O) groups excluding carboxylic acids is 2. The summed E-state index contributed by atoms with van der Waals surface area (Å²) >= 11 is 0. The summed E-state index contributed by atoms with van der Waals surface area (Å²) in [5.74, 6) is -0.542. The molecular formula is C23H27NO3. The van der Waals surface area contributed by atoms with E-state index >= 15 is 0 Å². The van der Waals surface area contributed by atoms with E-state index in [9.17, 15) is 9.59 Å². The van der Waals surface area contributed by atoms with Crippen molar-refractivity contribution in [3.05, 3.63) is 70.8 Å². The number of hydrogen-bond donors (Lipinski definition) is 1. The predicted molar refractivity (Wildman–Crippen MR) is 105 cm³/mol. The molecular weight excluding hydrogens is 338 g/mol. The van der Waals surface area contributed by atoms with E-state index in [0.717, 1.165) is 24.0 Å². The molecule has 1 N–H and O–H groups in total. The van der Waals surface area contributed by atoms with Gasteiger partial charge in [-0.3, -0.25) is 4.79 Å². The van der Waals surface area contributed by atoms with Gasteiger partial charge < -0.3 is 10.1 Å². The molecule has 0 fully saturated rings. The molecule has 1 aliphatic rings. The van der Waals surface area contributed by atoms with Gasteiger partial charge in [-0.25, -0.2) is 4.79 Å². The molecule has 0 bridgehead atoms. The first-order valence-electron chi connectivity index (χ1n) is 9.76. The second kappa shape index (κ2) is 9.36. The Labute approximate surface area is 160 Å². The SMILES string of the molecule is CCOC(=O)C(Cc1ccccc1)NC(=O)Cc1ccc2c(c1)CCCC2. The van der Waals surface area contributed by atoms with Crippen LogP contribution in [0.5, 0.6) is 0 Å². The molecule has 0 aliphatic heterocycles. The highest BCUT2D eigenvalue weighted by Crippen LogP contribution is 2.22. The van der Waals surface area contributed by atoms with Gasteiger partial charge in [-0.15, -0.1) is 0 Å². The number of fused-ring (bicyclic) bond motifs is 1. The normalized spacial score (nSPS) is 14.1. The van der Waals surface area contributed by atoms with Crippen molar-refractivity contribution in [1.29, 1.82) is 0 Å². The number of benzene rings is 2. The third-order valence-corrected chi connectivity index (χ3v) is 4.97. The average molecular weight is 365 g/mol. The number of ether oxygens (including phenoxy) is 1. The molecule has 2 aromatic rings. The van der Waals surface area contributed by atoms with Gasteiger partial charge in [0.25, 0.3) is 0 Å². The van der Waals surface area contributed by atoms with Crippen molar-refractivity contribution in [2.45, 2.75) is 51.5 Å². The first-order valence-corrected chi connectivity index (χ1v) is 9.76. The summed E-state index contributed by atoms with van der Waals surface area (Å²) in [6.07, 6.45) is 5.37. The predicted octanol–water partition coefficient (Wildman–Crippen LogP) is 3.40. The van der Waals surface area contributed by atoms with E-state index in [0.29, 0.717) is 13.0 Å². The lowest BCUT2D eigenvalue weighted by Gasteiger charge is -2.19. The summed E-state index contributed by atoms with van der Waals surface area (Å²) in [6.45, 7) is 2.07. The van der Waals surface area contributed by atoms with Gasteiger partial charge in [-0.05, 0) is 54.9 Å². The molecule has 0 radical (unpaired) electrons. The van der Waals surface area contributed by atoms with Crippen molar-refractivity contribution in [3.8, 4) is 0 Å². The fourth-order valence-corrected chi connectivity index (χ4v) is 3.61. The maximum atomic E-state index is 12.6. The summed E-state index contributed by atoms with van der Waals surface area (Å²) in [4.78, 5) is 24.9. The van der Waals surface area contributed by atoms with Crippen LogP contribution in [0.4, 0.5) is 0 Å². The molecule has 0 saturated carbocycles. The van der Waals surface area contributed by atoms with Crippen molar-refractivity contribution in [1.82, 2.24) is 5.32 Å². The third kappa shape index (κ3) is 5.43. The number of amides is 1. The molecule has 3 rings (SSSR count). The van der Waals surface area contributed by atoms with Crippen molar-refractivity contribution in [2.24, 2.45) is 0 Å². The minimum absolute atomic E-state index is 0.153. The minimum Gasteiger partial charge on any atom is -0.464 e. The Morgan fingerprint density at radius 1 is 1.00 bits per heavy atom. The molecule has 0 aromatic heterocycles. The van der Waals surface area contributed by atoms with E-state index in [2.05, 4.69) is 17.4 Å². The van der Waals surface area contributed by atoms with Crippen LogP contribution < -0.4 is 5.32 Å². The Morgan fingerprint density at radius 3 is 2.48 bits per heavy atom. The average Bonchev–Trinajstić information content (AvgIpc) is 2.68. The zero-order valence-electron chi connectivity index (χ0n) is 15.9. The van der Waals surface area contributed by atoms with Crippen LogP contribution in [0.3, 0.4) is 0 Å². The van der Waals surface area contributed by atoms with Crippen molar-refractivity contribution >= 4 is 11.9 Å². The van der Waals surface area contributed by atoms with Gasteiger partial charge in [-0.2, -0.15) is 0 Å². The smallest absolute Gasteiger partial charge is 0.328 e. The third-order valence-electron chi connectivity index (χ3n) is 4.97. The Morgan fingerprint density at radius 2 is 1.74 bits per heavy atom. The molecule has 1 unspecified atom stereocenters. The first-order chi connectivity index (χ1) is 13.2. The quantitative estimate of drug-likeness (QED) is 0.765. The van der Waals surface area contributed by atoms with E-state index in [-0.39, 0.29) is 18.3 Å². The van der Waals surface area contributed by atoms with E-state index in [1.807, 2.05) is 36.4 Å². The monoisotopic (exact) mass is 365 g/mol. The first kappa shape index (κ1) is 19.2. The number of esters is 1. The number of hydrogen-bond acceptors (Lipinski definition) is 3. The van der Waals surface area contributed by atoms with Gasteiger partial charge in [-0.1, -0.05) is 48.5 Å². The van der Waals surface area contributed by atoms with Gasteiger partial charge in [0.15, 0.2) is 0 Å². The van der Waals surface area contributed by atoms with Crippen LogP contribution in [0.1, 0.15) is 42.0 Å². The van der Waals surface area contributed by atoms with Crippen molar-refractivity contribution in [2.75, 3.05) is 6.61 Å². The van der Waals surface area contributed by atoms with Crippen LogP contribution in [0.2, 0.25) is 0 Å². The number of rotatable bonds is 7. The highest BCUT2D eigenvalue weighted by Gasteiger charge is 2.22. The lowest BCUT2D eigenvalue weighted by Crippen LogP contribution is -2.44. The van der Waals surface area contributed by atoms with Crippen LogP contribution in [0, 0.1) is 0 Å². The van der Waals surface area contributed by atoms with Gasteiger partial charge in [0, 0.05) is 6.42 Å². The van der Waals surface area contributed by atoms with E-state index in [4.69, 9.17) is 4.74 Å².